The third kappa shape index (κ3) is 2.91. The molecule has 1 atom stereocenters. The molecule has 0 amide bonds. The summed E-state index contributed by atoms with van der Waals surface area (Å²) < 4.78 is 9.44. The van der Waals surface area contributed by atoms with Crippen LogP contribution in [-0.4, -0.2) is 44.2 Å². The first kappa shape index (κ1) is 16.5. The van der Waals surface area contributed by atoms with Gasteiger partial charge in [0.15, 0.2) is 0 Å². The van der Waals surface area contributed by atoms with Crippen LogP contribution in [0.3, 0.4) is 0 Å². The second-order valence-corrected chi connectivity index (χ2v) is 6.61. The molecule has 0 spiro atoms. The van der Waals surface area contributed by atoms with E-state index in [1.807, 2.05) is 25.7 Å². The van der Waals surface area contributed by atoms with Gasteiger partial charge in [-0.05, 0) is 20.8 Å². The van der Waals surface area contributed by atoms with Crippen molar-refractivity contribution >= 4 is 11.6 Å². The SMILES string of the molecule is Cc1nn(C)c(Cl)c1CN1CCOC[C@@H]1c1c(C)nn(C)c1C. The summed E-state index contributed by atoms with van der Waals surface area (Å²) in [5, 5.41) is 9.70. The summed E-state index contributed by atoms with van der Waals surface area (Å²) in [6.45, 7) is 9.28. The Bertz CT molecular complexity index is 721. The highest BCUT2D eigenvalue weighted by Crippen LogP contribution is 2.32. The van der Waals surface area contributed by atoms with E-state index in [1.165, 1.54) is 11.3 Å². The minimum Gasteiger partial charge on any atom is -0.378 e. The smallest absolute Gasteiger partial charge is 0.131 e. The highest BCUT2D eigenvalue weighted by molar-refractivity contribution is 6.30. The van der Waals surface area contributed by atoms with Gasteiger partial charge in [-0.2, -0.15) is 10.2 Å². The van der Waals surface area contributed by atoms with Crippen molar-refractivity contribution in [3.8, 4) is 0 Å². The first-order chi connectivity index (χ1) is 10.9. The zero-order valence-corrected chi connectivity index (χ0v) is 15.2. The average molecular weight is 338 g/mol. The summed E-state index contributed by atoms with van der Waals surface area (Å²) in [6.07, 6.45) is 0. The number of hydrogen-bond donors (Lipinski definition) is 0. The van der Waals surface area contributed by atoms with Crippen LogP contribution in [0.1, 0.15) is 34.3 Å². The van der Waals surface area contributed by atoms with Crippen molar-refractivity contribution in [1.29, 1.82) is 0 Å². The van der Waals surface area contributed by atoms with Crippen molar-refractivity contribution in [2.45, 2.75) is 33.4 Å². The Morgan fingerprint density at radius 1 is 1.13 bits per heavy atom. The molecule has 3 rings (SSSR count). The van der Waals surface area contributed by atoms with E-state index in [-0.39, 0.29) is 6.04 Å². The van der Waals surface area contributed by atoms with Crippen molar-refractivity contribution in [2.75, 3.05) is 19.8 Å². The lowest BCUT2D eigenvalue weighted by Gasteiger charge is -2.36. The maximum absolute atomic E-state index is 6.42. The van der Waals surface area contributed by atoms with Crippen LogP contribution in [0.15, 0.2) is 0 Å². The summed E-state index contributed by atoms with van der Waals surface area (Å²) in [5.74, 6) is 0. The highest BCUT2D eigenvalue weighted by atomic mass is 35.5. The third-order valence-electron chi connectivity index (χ3n) is 4.77. The Kier molecular flexibility index (Phi) is 4.49. The molecule has 126 valence electrons. The predicted octanol–water partition coefficient (Wildman–Crippen LogP) is 2.31. The Labute approximate surface area is 142 Å². The van der Waals surface area contributed by atoms with Gasteiger partial charge in [0.05, 0.1) is 30.6 Å². The van der Waals surface area contributed by atoms with Crippen molar-refractivity contribution in [1.82, 2.24) is 24.5 Å². The molecular formula is C16H24ClN5O. The van der Waals surface area contributed by atoms with Crippen LogP contribution in [0.5, 0.6) is 0 Å². The van der Waals surface area contributed by atoms with Crippen LogP contribution in [-0.2, 0) is 25.4 Å². The quantitative estimate of drug-likeness (QED) is 0.862. The third-order valence-corrected chi connectivity index (χ3v) is 5.24. The minimum atomic E-state index is 0.202. The Morgan fingerprint density at radius 3 is 2.39 bits per heavy atom. The van der Waals surface area contributed by atoms with Gasteiger partial charge in [-0.3, -0.25) is 14.3 Å². The molecule has 23 heavy (non-hydrogen) atoms. The zero-order chi connectivity index (χ0) is 16.7. The summed E-state index contributed by atoms with van der Waals surface area (Å²) >= 11 is 6.42. The number of nitrogens with zero attached hydrogens (tertiary/aromatic N) is 5. The molecule has 0 N–H and O–H groups in total. The fourth-order valence-corrected chi connectivity index (χ4v) is 3.66. The Morgan fingerprint density at radius 2 is 1.83 bits per heavy atom. The molecule has 0 aliphatic carbocycles. The Hall–Kier alpha value is -1.37. The van der Waals surface area contributed by atoms with E-state index in [1.54, 1.807) is 4.68 Å². The standard InChI is InChI=1S/C16H24ClN5O/c1-10-13(16(17)21(5)18-10)8-22-6-7-23-9-14(22)15-11(2)19-20(4)12(15)3/h14H,6-9H2,1-5H3/t14-/m1/s1. The van der Waals surface area contributed by atoms with Crippen LogP contribution in [0, 0.1) is 20.8 Å². The molecule has 1 saturated heterocycles. The van der Waals surface area contributed by atoms with E-state index < -0.39 is 0 Å². The van der Waals surface area contributed by atoms with Gasteiger partial charge in [-0.15, -0.1) is 0 Å². The van der Waals surface area contributed by atoms with Gasteiger partial charge < -0.3 is 4.74 Å². The van der Waals surface area contributed by atoms with Crippen molar-refractivity contribution in [2.24, 2.45) is 14.1 Å². The van der Waals surface area contributed by atoms with Crippen LogP contribution in [0.4, 0.5) is 0 Å². The summed E-state index contributed by atoms with van der Waals surface area (Å²) in [6, 6.07) is 0.202. The van der Waals surface area contributed by atoms with E-state index in [0.29, 0.717) is 11.8 Å². The lowest BCUT2D eigenvalue weighted by molar-refractivity contribution is -0.0132. The van der Waals surface area contributed by atoms with Gasteiger partial charge in [0.25, 0.3) is 0 Å². The number of aryl methyl sites for hydroxylation is 4. The first-order valence-corrected chi connectivity index (χ1v) is 8.27. The zero-order valence-electron chi connectivity index (χ0n) is 14.4. The van der Waals surface area contributed by atoms with Crippen molar-refractivity contribution in [3.63, 3.8) is 0 Å². The van der Waals surface area contributed by atoms with Gasteiger partial charge in [0.2, 0.25) is 0 Å². The minimum absolute atomic E-state index is 0.202. The van der Waals surface area contributed by atoms with Crippen LogP contribution in [0.25, 0.3) is 0 Å². The van der Waals surface area contributed by atoms with Crippen LogP contribution in [0.2, 0.25) is 5.15 Å². The maximum Gasteiger partial charge on any atom is 0.131 e. The first-order valence-electron chi connectivity index (χ1n) is 7.90. The van der Waals surface area contributed by atoms with E-state index in [4.69, 9.17) is 16.3 Å². The van der Waals surface area contributed by atoms with E-state index in [2.05, 4.69) is 28.9 Å². The van der Waals surface area contributed by atoms with E-state index >= 15 is 0 Å². The largest absolute Gasteiger partial charge is 0.378 e. The van der Waals surface area contributed by atoms with Crippen LogP contribution >= 0.6 is 11.6 Å². The molecule has 6 nitrogen and oxygen atoms in total. The molecule has 1 fully saturated rings. The Balaban J connectivity index is 1.93. The molecule has 3 heterocycles. The number of rotatable bonds is 3. The topological polar surface area (TPSA) is 48.1 Å². The fraction of sp³-hybridized carbons (Fsp3) is 0.625. The summed E-state index contributed by atoms with van der Waals surface area (Å²) in [7, 11) is 3.87. The summed E-state index contributed by atoms with van der Waals surface area (Å²) in [5.41, 5.74) is 5.61. The van der Waals surface area contributed by atoms with Gasteiger partial charge in [0, 0.05) is 44.0 Å². The number of ether oxygens (including phenoxy) is 1. The van der Waals surface area contributed by atoms with Gasteiger partial charge >= 0.3 is 0 Å². The maximum atomic E-state index is 6.42. The monoisotopic (exact) mass is 337 g/mol. The normalized spacial score (nSPS) is 19.5. The molecule has 0 unspecified atom stereocenters. The second-order valence-electron chi connectivity index (χ2n) is 6.25. The highest BCUT2D eigenvalue weighted by Gasteiger charge is 2.30. The van der Waals surface area contributed by atoms with E-state index in [9.17, 15) is 0 Å². The molecule has 1 aliphatic heterocycles. The number of hydrogen-bond acceptors (Lipinski definition) is 4. The number of morpholine rings is 1. The number of aromatic nitrogens is 4. The van der Waals surface area contributed by atoms with E-state index in [0.717, 1.165) is 36.6 Å². The molecule has 2 aromatic rings. The predicted molar refractivity (Wildman–Crippen MR) is 89.6 cm³/mol. The molecule has 0 saturated carbocycles. The molecular weight excluding hydrogens is 314 g/mol. The molecule has 0 bridgehead atoms. The molecule has 0 radical (unpaired) electrons. The van der Waals surface area contributed by atoms with Gasteiger partial charge in [0.1, 0.15) is 5.15 Å². The fourth-order valence-electron chi connectivity index (χ4n) is 3.42. The lowest BCUT2D eigenvalue weighted by Crippen LogP contribution is -2.39. The number of halogens is 1. The van der Waals surface area contributed by atoms with Crippen LogP contribution < -0.4 is 0 Å². The van der Waals surface area contributed by atoms with Gasteiger partial charge in [-0.1, -0.05) is 11.6 Å². The van der Waals surface area contributed by atoms with Crippen molar-refractivity contribution in [3.05, 3.63) is 33.4 Å². The molecule has 2 aromatic heterocycles. The molecule has 1 aliphatic rings. The molecule has 7 heteroatoms. The second kappa shape index (κ2) is 6.26. The average Bonchev–Trinajstić information content (AvgIpc) is 2.90. The van der Waals surface area contributed by atoms with Gasteiger partial charge in [-0.25, -0.2) is 0 Å². The summed E-state index contributed by atoms with van der Waals surface area (Å²) in [4.78, 5) is 2.43. The van der Waals surface area contributed by atoms with Crippen molar-refractivity contribution < 1.29 is 4.74 Å². The molecule has 0 aromatic carbocycles. The lowest BCUT2D eigenvalue weighted by atomic mass is 10.0.